The molecule has 1 aliphatic heterocycles. The number of nitrogens with zero attached hydrogens (tertiary/aromatic N) is 4. The van der Waals surface area contributed by atoms with E-state index in [-0.39, 0.29) is 0 Å². The van der Waals surface area contributed by atoms with Crippen LogP contribution in [0.5, 0.6) is 11.6 Å². The second-order valence-corrected chi connectivity index (χ2v) is 8.41. The number of piperidine rings is 1. The van der Waals surface area contributed by atoms with Gasteiger partial charge < -0.3 is 14.4 Å². The Bertz CT molecular complexity index is 1280. The van der Waals surface area contributed by atoms with E-state index in [2.05, 4.69) is 56.3 Å². The van der Waals surface area contributed by atoms with Gasteiger partial charge in [0, 0.05) is 47.2 Å². The zero-order valence-corrected chi connectivity index (χ0v) is 19.3. The summed E-state index contributed by atoms with van der Waals surface area (Å²) in [6.45, 7) is 4.29. The van der Waals surface area contributed by atoms with Gasteiger partial charge in [-0.25, -0.2) is 15.0 Å². The van der Waals surface area contributed by atoms with Crippen molar-refractivity contribution in [3.8, 4) is 33.9 Å². The molecule has 2 aromatic heterocycles. The van der Waals surface area contributed by atoms with Crippen molar-refractivity contribution in [3.05, 3.63) is 60.7 Å². The van der Waals surface area contributed by atoms with Gasteiger partial charge >= 0.3 is 0 Å². The summed E-state index contributed by atoms with van der Waals surface area (Å²) in [5, 5.41) is 1.03. The van der Waals surface area contributed by atoms with Gasteiger partial charge in [-0.2, -0.15) is 0 Å². The predicted molar refractivity (Wildman–Crippen MR) is 132 cm³/mol. The number of pyridine rings is 1. The number of ether oxygens (including phenoxy) is 2. The van der Waals surface area contributed by atoms with E-state index in [1.807, 2.05) is 19.2 Å². The molecule has 0 bridgehead atoms. The summed E-state index contributed by atoms with van der Waals surface area (Å²) in [6, 6.07) is 15.1. The van der Waals surface area contributed by atoms with Gasteiger partial charge in [0.25, 0.3) is 5.88 Å². The minimum atomic E-state index is 0.468. The van der Waals surface area contributed by atoms with E-state index < -0.39 is 0 Å². The van der Waals surface area contributed by atoms with Crippen LogP contribution in [0.1, 0.15) is 25.0 Å². The first kappa shape index (κ1) is 21.2. The first-order valence-corrected chi connectivity index (χ1v) is 11.4. The number of anilines is 1. The molecule has 0 aliphatic carbocycles. The van der Waals surface area contributed by atoms with Crippen molar-refractivity contribution in [2.24, 2.45) is 0 Å². The maximum Gasteiger partial charge on any atom is 0.256 e. The van der Waals surface area contributed by atoms with Crippen molar-refractivity contribution < 1.29 is 9.47 Å². The van der Waals surface area contributed by atoms with Crippen molar-refractivity contribution in [1.82, 2.24) is 15.0 Å². The quantitative estimate of drug-likeness (QED) is 0.398. The lowest BCUT2D eigenvalue weighted by molar-refractivity contribution is 0.343. The van der Waals surface area contributed by atoms with Crippen LogP contribution >= 0.6 is 0 Å². The van der Waals surface area contributed by atoms with Gasteiger partial charge in [-0.15, -0.1) is 0 Å². The molecular weight excluding hydrogens is 412 g/mol. The maximum absolute atomic E-state index is 5.48. The molecule has 0 spiro atoms. The predicted octanol–water partition coefficient (Wildman–Crippen LogP) is 5.67. The van der Waals surface area contributed by atoms with E-state index in [1.54, 1.807) is 20.5 Å². The first-order valence-electron chi connectivity index (χ1n) is 11.4. The minimum absolute atomic E-state index is 0.468. The molecule has 168 valence electrons. The fourth-order valence-corrected chi connectivity index (χ4v) is 4.57. The Balaban J connectivity index is 1.62. The summed E-state index contributed by atoms with van der Waals surface area (Å²) >= 11 is 0. The third kappa shape index (κ3) is 4.09. The van der Waals surface area contributed by atoms with E-state index in [0.29, 0.717) is 11.6 Å². The molecule has 6 heteroatoms. The van der Waals surface area contributed by atoms with Gasteiger partial charge in [-0.1, -0.05) is 12.1 Å². The van der Waals surface area contributed by atoms with Crippen LogP contribution in [0.15, 0.2) is 55.0 Å². The molecule has 4 aromatic rings. The number of methoxy groups -OCH3 is 2. The summed E-state index contributed by atoms with van der Waals surface area (Å²) in [5.74, 6) is 1.07. The molecule has 0 atom stereocenters. The smallest absolute Gasteiger partial charge is 0.256 e. The highest BCUT2D eigenvalue weighted by Gasteiger charge is 2.15. The van der Waals surface area contributed by atoms with Crippen LogP contribution in [0.2, 0.25) is 0 Å². The van der Waals surface area contributed by atoms with E-state index in [9.17, 15) is 0 Å². The van der Waals surface area contributed by atoms with Gasteiger partial charge in [-0.05, 0) is 67.6 Å². The van der Waals surface area contributed by atoms with Crippen molar-refractivity contribution in [1.29, 1.82) is 0 Å². The summed E-state index contributed by atoms with van der Waals surface area (Å²) < 4.78 is 10.8. The Morgan fingerprint density at radius 1 is 0.788 bits per heavy atom. The first-order chi connectivity index (χ1) is 16.2. The minimum Gasteiger partial charge on any atom is -0.491 e. The molecule has 0 radical (unpaired) electrons. The molecule has 0 unspecified atom stereocenters. The molecule has 3 heterocycles. The van der Waals surface area contributed by atoms with Crippen LogP contribution < -0.4 is 14.4 Å². The topological polar surface area (TPSA) is 60.4 Å². The SMILES string of the molecule is COc1cc(-c2cc(-c3ccc(N4CCCCC4)cc3)c3ncnc(C)c3c2)cnc1OC. The van der Waals surface area contributed by atoms with Gasteiger partial charge in [0.05, 0.1) is 19.7 Å². The Kier molecular flexibility index (Phi) is 5.82. The van der Waals surface area contributed by atoms with E-state index in [0.717, 1.165) is 51.9 Å². The van der Waals surface area contributed by atoms with E-state index >= 15 is 0 Å². The lowest BCUT2D eigenvalue weighted by atomic mass is 9.95. The van der Waals surface area contributed by atoms with Crippen LogP contribution in [0.3, 0.4) is 0 Å². The summed E-state index contributed by atoms with van der Waals surface area (Å²) in [6.07, 6.45) is 7.32. The normalized spacial score (nSPS) is 13.8. The average Bonchev–Trinajstić information content (AvgIpc) is 2.88. The fourth-order valence-electron chi connectivity index (χ4n) is 4.57. The van der Waals surface area contributed by atoms with Crippen LogP contribution in [0, 0.1) is 6.92 Å². The Morgan fingerprint density at radius 3 is 2.30 bits per heavy atom. The zero-order chi connectivity index (χ0) is 22.8. The number of hydrogen-bond donors (Lipinski definition) is 0. The molecule has 0 saturated carbocycles. The van der Waals surface area contributed by atoms with E-state index in [4.69, 9.17) is 9.47 Å². The lowest BCUT2D eigenvalue weighted by Crippen LogP contribution is -2.29. The fraction of sp³-hybridized carbons (Fsp3) is 0.296. The zero-order valence-electron chi connectivity index (χ0n) is 19.3. The highest BCUT2D eigenvalue weighted by atomic mass is 16.5. The van der Waals surface area contributed by atoms with Crippen LogP contribution in [-0.2, 0) is 0 Å². The highest BCUT2D eigenvalue weighted by Crippen LogP contribution is 2.37. The monoisotopic (exact) mass is 440 g/mol. The molecule has 0 amide bonds. The van der Waals surface area contributed by atoms with Crippen molar-refractivity contribution in [3.63, 3.8) is 0 Å². The second-order valence-electron chi connectivity index (χ2n) is 8.41. The number of fused-ring (bicyclic) bond motifs is 1. The third-order valence-corrected chi connectivity index (χ3v) is 6.40. The van der Waals surface area contributed by atoms with E-state index in [1.165, 1.54) is 24.9 Å². The van der Waals surface area contributed by atoms with Crippen molar-refractivity contribution in [2.75, 3.05) is 32.2 Å². The van der Waals surface area contributed by atoms with Crippen LogP contribution in [0.4, 0.5) is 5.69 Å². The lowest BCUT2D eigenvalue weighted by Gasteiger charge is -2.28. The van der Waals surface area contributed by atoms with Crippen LogP contribution in [0.25, 0.3) is 33.2 Å². The molecule has 0 N–H and O–H groups in total. The standard InChI is InChI=1S/C27H28N4O2/c1-18-23-13-20(21-15-25(32-2)27(33-3)28-16-21)14-24(26(23)30-17-29-18)19-7-9-22(10-8-19)31-11-5-4-6-12-31/h7-10,13-17H,4-6,11-12H2,1-3H3. The number of benzene rings is 2. The highest BCUT2D eigenvalue weighted by molar-refractivity contribution is 5.98. The summed E-state index contributed by atoms with van der Waals surface area (Å²) in [7, 11) is 3.21. The average molecular weight is 441 g/mol. The van der Waals surface area contributed by atoms with Gasteiger partial charge in [0.2, 0.25) is 0 Å². The molecule has 1 aliphatic rings. The van der Waals surface area contributed by atoms with Crippen molar-refractivity contribution in [2.45, 2.75) is 26.2 Å². The number of rotatable bonds is 5. The molecule has 1 fully saturated rings. The molecule has 1 saturated heterocycles. The van der Waals surface area contributed by atoms with Crippen LogP contribution in [-0.4, -0.2) is 42.3 Å². The van der Waals surface area contributed by atoms with Gasteiger partial charge in [0.15, 0.2) is 5.75 Å². The largest absolute Gasteiger partial charge is 0.491 e. The Hall–Kier alpha value is -3.67. The number of aryl methyl sites for hydroxylation is 1. The van der Waals surface area contributed by atoms with Gasteiger partial charge in [0.1, 0.15) is 6.33 Å². The molecule has 2 aromatic carbocycles. The molecule has 5 rings (SSSR count). The third-order valence-electron chi connectivity index (χ3n) is 6.40. The van der Waals surface area contributed by atoms with Gasteiger partial charge in [-0.3, -0.25) is 0 Å². The maximum atomic E-state index is 5.48. The van der Waals surface area contributed by atoms with Crippen molar-refractivity contribution >= 4 is 16.6 Å². The second kappa shape index (κ2) is 9.06. The molecule has 6 nitrogen and oxygen atoms in total. The number of aromatic nitrogens is 3. The number of hydrogen-bond acceptors (Lipinski definition) is 6. The molecule has 33 heavy (non-hydrogen) atoms. The Morgan fingerprint density at radius 2 is 1.58 bits per heavy atom. The molecular formula is C27H28N4O2. The Labute approximate surface area is 194 Å². The summed E-state index contributed by atoms with van der Waals surface area (Å²) in [4.78, 5) is 16.0. The summed E-state index contributed by atoms with van der Waals surface area (Å²) in [5.41, 5.74) is 7.37.